The van der Waals surface area contributed by atoms with Gasteiger partial charge in [0.2, 0.25) is 0 Å². The summed E-state index contributed by atoms with van der Waals surface area (Å²) in [6, 6.07) is 5.76. The molecule has 0 bridgehead atoms. The van der Waals surface area contributed by atoms with E-state index in [9.17, 15) is 4.79 Å². The zero-order chi connectivity index (χ0) is 18.0. The van der Waals surface area contributed by atoms with Crippen molar-refractivity contribution in [2.45, 2.75) is 78.1 Å². The van der Waals surface area contributed by atoms with Gasteiger partial charge in [0.05, 0.1) is 12.3 Å². The van der Waals surface area contributed by atoms with Crippen LogP contribution in [0.4, 0.5) is 0 Å². The van der Waals surface area contributed by atoms with Gasteiger partial charge in [-0.25, -0.2) is 4.98 Å². The van der Waals surface area contributed by atoms with E-state index < -0.39 is 8.32 Å². The van der Waals surface area contributed by atoms with E-state index in [0.29, 0.717) is 12.3 Å². The molecule has 1 saturated carbocycles. The minimum absolute atomic E-state index is 0.158. The smallest absolute Gasteiger partial charge is 0.192 e. The second-order valence-corrected chi connectivity index (χ2v) is 13.7. The average Bonchev–Trinajstić information content (AvgIpc) is 2.52. The molecule has 0 unspecified atom stereocenters. The number of pyridine rings is 1. The van der Waals surface area contributed by atoms with E-state index in [1.807, 2.05) is 18.2 Å². The lowest BCUT2D eigenvalue weighted by Crippen LogP contribution is -2.40. The van der Waals surface area contributed by atoms with Gasteiger partial charge in [0.25, 0.3) is 0 Å². The summed E-state index contributed by atoms with van der Waals surface area (Å²) in [7, 11) is -1.80. The SMILES string of the molecule is CC(C)(C)[Si](C)(C)OCc1cccc(C(=O)[C@H]2CC[C@H](C)CC2)n1. The van der Waals surface area contributed by atoms with Crippen molar-refractivity contribution in [2.75, 3.05) is 0 Å². The lowest BCUT2D eigenvalue weighted by molar-refractivity contribution is 0.0870. The number of carbonyl (C=O) groups excluding carboxylic acids is 1. The maximum Gasteiger partial charge on any atom is 0.192 e. The van der Waals surface area contributed by atoms with E-state index in [4.69, 9.17) is 4.43 Å². The molecule has 1 heterocycles. The van der Waals surface area contributed by atoms with Gasteiger partial charge < -0.3 is 4.43 Å². The van der Waals surface area contributed by atoms with Crippen molar-refractivity contribution >= 4 is 14.1 Å². The first-order valence-corrected chi connectivity index (χ1v) is 12.1. The molecular weight excluding hydrogens is 314 g/mol. The summed E-state index contributed by atoms with van der Waals surface area (Å²) >= 11 is 0. The molecule has 0 aliphatic heterocycles. The molecule has 0 spiro atoms. The number of nitrogens with zero attached hydrogens (tertiary/aromatic N) is 1. The van der Waals surface area contributed by atoms with Crippen molar-refractivity contribution in [2.24, 2.45) is 11.8 Å². The van der Waals surface area contributed by atoms with E-state index >= 15 is 0 Å². The summed E-state index contributed by atoms with van der Waals surface area (Å²) in [5.41, 5.74) is 1.49. The zero-order valence-corrected chi connectivity index (χ0v) is 17.2. The fraction of sp³-hybridized carbons (Fsp3) is 0.700. The van der Waals surface area contributed by atoms with E-state index in [1.54, 1.807) is 0 Å². The monoisotopic (exact) mass is 347 g/mol. The molecule has 0 atom stereocenters. The molecule has 1 aliphatic rings. The Morgan fingerprint density at radius 2 is 1.83 bits per heavy atom. The van der Waals surface area contributed by atoms with Gasteiger partial charge >= 0.3 is 0 Å². The van der Waals surface area contributed by atoms with E-state index in [-0.39, 0.29) is 16.7 Å². The normalized spacial score (nSPS) is 22.4. The first-order chi connectivity index (χ1) is 11.1. The molecule has 0 radical (unpaired) electrons. The van der Waals surface area contributed by atoms with Crippen molar-refractivity contribution in [1.82, 2.24) is 4.98 Å². The molecule has 0 amide bonds. The van der Waals surface area contributed by atoms with Crippen LogP contribution in [-0.4, -0.2) is 19.1 Å². The largest absolute Gasteiger partial charge is 0.411 e. The van der Waals surface area contributed by atoms with Gasteiger partial charge in [0, 0.05) is 5.92 Å². The summed E-state index contributed by atoms with van der Waals surface area (Å²) in [5, 5.41) is 0.180. The molecule has 0 saturated heterocycles. The molecule has 4 heteroatoms. The van der Waals surface area contributed by atoms with Crippen LogP contribution in [0.25, 0.3) is 0 Å². The van der Waals surface area contributed by atoms with Crippen molar-refractivity contribution in [3.8, 4) is 0 Å². The van der Waals surface area contributed by atoms with E-state index in [2.05, 4.69) is 45.8 Å². The Balaban J connectivity index is 2.02. The predicted molar refractivity (Wildman–Crippen MR) is 102 cm³/mol. The Bertz CT molecular complexity index is 569. The number of hydrogen-bond donors (Lipinski definition) is 0. The summed E-state index contributed by atoms with van der Waals surface area (Å²) in [5.74, 6) is 1.13. The van der Waals surface area contributed by atoms with E-state index in [1.165, 1.54) is 0 Å². The molecule has 0 N–H and O–H groups in total. The maximum atomic E-state index is 12.7. The fourth-order valence-electron chi connectivity index (χ4n) is 2.90. The van der Waals surface area contributed by atoms with Crippen molar-refractivity contribution in [3.05, 3.63) is 29.6 Å². The lowest BCUT2D eigenvalue weighted by atomic mass is 9.80. The standard InChI is InChI=1S/C20H33NO2Si/c1-15-10-12-16(13-11-15)19(22)18-9-7-8-17(21-18)14-23-24(5,6)20(2,3)4/h7-9,15-16H,10-14H2,1-6H3/t15-,16-. The second-order valence-electron chi connectivity index (χ2n) is 8.88. The van der Waals surface area contributed by atoms with Crippen LogP contribution < -0.4 is 0 Å². The molecule has 134 valence electrons. The molecule has 1 aliphatic carbocycles. The fourth-order valence-corrected chi connectivity index (χ4v) is 3.84. The number of carbonyl (C=O) groups is 1. The van der Waals surface area contributed by atoms with Crippen LogP contribution >= 0.6 is 0 Å². The van der Waals surface area contributed by atoms with Gasteiger partial charge in [-0.05, 0) is 49.0 Å². The van der Waals surface area contributed by atoms with Crippen LogP contribution in [0, 0.1) is 11.8 Å². The van der Waals surface area contributed by atoms with Gasteiger partial charge in [-0.1, -0.05) is 46.6 Å². The molecule has 1 aromatic rings. The third-order valence-corrected chi connectivity index (χ3v) is 10.3. The summed E-state index contributed by atoms with van der Waals surface area (Å²) < 4.78 is 6.24. The Labute approximate surface area is 148 Å². The maximum absolute atomic E-state index is 12.7. The molecule has 2 rings (SSSR count). The second kappa shape index (κ2) is 7.48. The highest BCUT2D eigenvalue weighted by Crippen LogP contribution is 2.37. The van der Waals surface area contributed by atoms with Gasteiger partial charge in [-0.3, -0.25) is 4.79 Å². The van der Waals surface area contributed by atoms with Gasteiger partial charge in [0.1, 0.15) is 5.69 Å². The van der Waals surface area contributed by atoms with Crippen LogP contribution in [0.2, 0.25) is 18.1 Å². The first-order valence-electron chi connectivity index (χ1n) is 9.24. The third-order valence-electron chi connectivity index (χ3n) is 5.83. The Kier molecular flexibility index (Phi) is 6.03. The Hall–Kier alpha value is -1.00. The number of rotatable bonds is 5. The van der Waals surface area contributed by atoms with Crippen molar-refractivity contribution < 1.29 is 9.22 Å². The number of aromatic nitrogens is 1. The topological polar surface area (TPSA) is 39.2 Å². The number of hydrogen-bond acceptors (Lipinski definition) is 3. The van der Waals surface area contributed by atoms with Crippen molar-refractivity contribution in [3.63, 3.8) is 0 Å². The van der Waals surface area contributed by atoms with Gasteiger partial charge in [0.15, 0.2) is 14.1 Å². The summed E-state index contributed by atoms with van der Waals surface area (Å²) in [6.07, 6.45) is 4.33. The highest BCUT2D eigenvalue weighted by Gasteiger charge is 2.37. The summed E-state index contributed by atoms with van der Waals surface area (Å²) in [4.78, 5) is 17.3. The summed E-state index contributed by atoms with van der Waals surface area (Å²) in [6.45, 7) is 14.0. The van der Waals surface area contributed by atoms with Crippen molar-refractivity contribution in [1.29, 1.82) is 0 Å². The quantitative estimate of drug-likeness (QED) is 0.513. The number of ketones is 1. The highest BCUT2D eigenvalue weighted by atomic mass is 28.4. The van der Waals surface area contributed by atoms with Crippen LogP contribution in [0.15, 0.2) is 18.2 Å². The minimum atomic E-state index is -1.80. The zero-order valence-electron chi connectivity index (χ0n) is 16.2. The third kappa shape index (κ3) is 4.76. The minimum Gasteiger partial charge on any atom is -0.411 e. The van der Waals surface area contributed by atoms with Crippen LogP contribution in [0.3, 0.4) is 0 Å². The van der Waals surface area contributed by atoms with Gasteiger partial charge in [-0.15, -0.1) is 0 Å². The number of Topliss-reactive ketones (excluding diaryl/α,β-unsaturated/α-hetero) is 1. The van der Waals surface area contributed by atoms with Crippen LogP contribution in [0.1, 0.15) is 69.6 Å². The molecule has 0 aromatic carbocycles. The molecule has 1 fully saturated rings. The molecular formula is C20H33NO2Si. The van der Waals surface area contributed by atoms with Crippen LogP contribution in [0.5, 0.6) is 0 Å². The molecule has 1 aromatic heterocycles. The molecule has 3 nitrogen and oxygen atoms in total. The van der Waals surface area contributed by atoms with Gasteiger partial charge in [-0.2, -0.15) is 0 Å². The molecule has 24 heavy (non-hydrogen) atoms. The highest BCUT2D eigenvalue weighted by molar-refractivity contribution is 6.74. The Morgan fingerprint density at radius 1 is 1.21 bits per heavy atom. The first kappa shape index (κ1) is 19.3. The average molecular weight is 348 g/mol. The van der Waals surface area contributed by atoms with Crippen LogP contribution in [-0.2, 0) is 11.0 Å². The Morgan fingerprint density at radius 3 is 2.42 bits per heavy atom. The van der Waals surface area contributed by atoms with E-state index in [0.717, 1.165) is 37.3 Å². The lowest BCUT2D eigenvalue weighted by Gasteiger charge is -2.36. The predicted octanol–water partition coefficient (Wildman–Crippen LogP) is 5.61.